The number of carbonyl (C=O) groups is 2. The minimum atomic E-state index is -1.48. The number of aliphatic carboxylic acids is 2. The van der Waals surface area contributed by atoms with Crippen LogP contribution in [0.15, 0.2) is 0 Å². The van der Waals surface area contributed by atoms with Gasteiger partial charge in [-0.1, -0.05) is 6.42 Å². The van der Waals surface area contributed by atoms with Crippen LogP contribution in [0.3, 0.4) is 0 Å². The number of hydrogen-bond donors (Lipinski definition) is 1. The summed E-state index contributed by atoms with van der Waals surface area (Å²) in [7, 11) is 0. The Balaban J connectivity index is 2.71. The summed E-state index contributed by atoms with van der Waals surface area (Å²) in [5.74, 6) is -3.36. The highest BCUT2D eigenvalue weighted by molar-refractivity contribution is 5.78. The molecule has 0 aliphatic heterocycles. The van der Waals surface area contributed by atoms with Gasteiger partial charge in [0.25, 0.3) is 0 Å². The molecule has 1 aliphatic rings. The van der Waals surface area contributed by atoms with Crippen LogP contribution in [0.2, 0.25) is 0 Å². The molecule has 0 aromatic heterocycles. The average Bonchev–Trinajstić information content (AvgIpc) is 2.04. The molecule has 0 aromatic rings. The van der Waals surface area contributed by atoms with Crippen LogP contribution in [0.4, 0.5) is 0 Å². The molecule has 0 heterocycles. The van der Waals surface area contributed by atoms with E-state index in [1.807, 2.05) is 0 Å². The predicted molar refractivity (Wildman–Crippen MR) is 38.9 cm³/mol. The Bertz CT molecular complexity index is 240. The second-order valence-corrected chi connectivity index (χ2v) is 3.56. The van der Waals surface area contributed by atoms with E-state index in [1.165, 1.54) is 0 Å². The quantitative estimate of drug-likeness (QED) is 0.506. The van der Waals surface area contributed by atoms with Gasteiger partial charge in [-0.25, -0.2) is 0 Å². The third kappa shape index (κ3) is 1.98. The maximum Gasteiger partial charge on any atom is 0.0613 e. The first-order valence-corrected chi connectivity index (χ1v) is 4.17. The highest BCUT2D eigenvalue weighted by Gasteiger charge is 2.34. The van der Waals surface area contributed by atoms with Crippen LogP contribution in [0.5, 0.6) is 0 Å². The zero-order valence-corrected chi connectivity index (χ0v) is 7.12. The lowest BCUT2D eigenvalue weighted by Crippen LogP contribution is -2.59. The minimum Gasteiger partial charge on any atom is -0.550 e. The van der Waals surface area contributed by atoms with Gasteiger partial charge in [-0.3, -0.25) is 0 Å². The van der Waals surface area contributed by atoms with Crippen molar-refractivity contribution in [3.8, 4) is 0 Å². The van der Waals surface area contributed by atoms with E-state index in [9.17, 15) is 19.8 Å². The van der Waals surface area contributed by atoms with Crippen LogP contribution in [0.25, 0.3) is 0 Å². The van der Waals surface area contributed by atoms with Crippen LogP contribution < -0.4 is 15.9 Å². The summed E-state index contributed by atoms with van der Waals surface area (Å²) in [6.45, 7) is 0. The fraction of sp³-hybridized carbons (Fsp3) is 0.750. The molecule has 0 amide bonds. The summed E-state index contributed by atoms with van der Waals surface area (Å²) in [5.41, 5.74) is 3.99. The molecule has 0 bridgehead atoms. The van der Waals surface area contributed by atoms with Crippen molar-refractivity contribution in [1.82, 2.24) is 0 Å². The Labute approximate surface area is 75.5 Å². The van der Waals surface area contributed by atoms with Crippen molar-refractivity contribution in [3.05, 3.63) is 0 Å². The number of carbonyl (C=O) groups excluding carboxylic acids is 2. The molecule has 0 spiro atoms. The Morgan fingerprint density at radius 2 is 2.00 bits per heavy atom. The van der Waals surface area contributed by atoms with Crippen LogP contribution in [-0.4, -0.2) is 17.5 Å². The number of nitrogens with two attached hydrogens (primary N) is 1. The number of hydrogen-bond acceptors (Lipinski definition) is 5. The van der Waals surface area contributed by atoms with Crippen molar-refractivity contribution in [3.63, 3.8) is 0 Å². The largest absolute Gasteiger partial charge is 0.550 e. The highest BCUT2D eigenvalue weighted by atomic mass is 16.4. The second-order valence-electron chi connectivity index (χ2n) is 3.56. The van der Waals surface area contributed by atoms with Crippen molar-refractivity contribution < 1.29 is 19.8 Å². The molecule has 2 atom stereocenters. The van der Waals surface area contributed by atoms with Gasteiger partial charge in [-0.15, -0.1) is 0 Å². The summed E-state index contributed by atoms with van der Waals surface area (Å²) in [6.07, 6.45) is 1.12. The van der Waals surface area contributed by atoms with Crippen molar-refractivity contribution in [2.24, 2.45) is 11.7 Å². The molecule has 5 nitrogen and oxygen atoms in total. The molecule has 13 heavy (non-hydrogen) atoms. The van der Waals surface area contributed by atoms with E-state index in [-0.39, 0.29) is 12.8 Å². The maximum atomic E-state index is 10.6. The van der Waals surface area contributed by atoms with E-state index >= 15 is 0 Å². The molecular formula is C8H11NO4-2. The van der Waals surface area contributed by atoms with E-state index in [0.29, 0.717) is 12.8 Å². The monoisotopic (exact) mass is 185 g/mol. The fourth-order valence-electron chi connectivity index (χ4n) is 1.69. The maximum absolute atomic E-state index is 10.6. The number of carboxylic acids is 2. The molecule has 0 aromatic carbocycles. The SMILES string of the molecule is N[C@@]1(C(=O)[O-])CCC[C@@H](C(=O)[O-])C1. The molecule has 1 fully saturated rings. The lowest BCUT2D eigenvalue weighted by molar-refractivity contribution is -0.319. The van der Waals surface area contributed by atoms with Gasteiger partial charge in [-0.05, 0) is 19.3 Å². The van der Waals surface area contributed by atoms with Crippen molar-refractivity contribution >= 4 is 11.9 Å². The molecule has 1 aliphatic carbocycles. The third-order valence-corrected chi connectivity index (χ3v) is 2.53. The predicted octanol–water partition coefficient (Wildman–Crippen LogP) is -2.63. The standard InChI is InChI=1S/C8H13NO4/c9-8(7(12)13)3-1-2-5(4-8)6(10)11/h5H,1-4,9H2,(H,10,11)(H,12,13)/p-2/t5-,8+/m1/s1. The normalized spacial score (nSPS) is 34.1. The summed E-state index contributed by atoms with van der Waals surface area (Å²) in [5, 5.41) is 21.1. The molecule has 74 valence electrons. The van der Waals surface area contributed by atoms with E-state index in [2.05, 4.69) is 0 Å². The zero-order valence-electron chi connectivity index (χ0n) is 7.12. The second kappa shape index (κ2) is 3.33. The van der Waals surface area contributed by atoms with Gasteiger partial charge in [0.15, 0.2) is 0 Å². The molecule has 0 radical (unpaired) electrons. The van der Waals surface area contributed by atoms with Gasteiger partial charge < -0.3 is 25.5 Å². The lowest BCUT2D eigenvalue weighted by Gasteiger charge is -2.38. The van der Waals surface area contributed by atoms with E-state index < -0.39 is 23.4 Å². The Morgan fingerprint density at radius 1 is 1.38 bits per heavy atom. The lowest BCUT2D eigenvalue weighted by atomic mass is 9.76. The summed E-state index contributed by atoms with van der Waals surface area (Å²) in [6, 6.07) is 0. The Hall–Kier alpha value is -1.10. The topological polar surface area (TPSA) is 106 Å². The van der Waals surface area contributed by atoms with Crippen LogP contribution in [0, 0.1) is 5.92 Å². The van der Waals surface area contributed by atoms with Crippen molar-refractivity contribution in [2.75, 3.05) is 0 Å². The van der Waals surface area contributed by atoms with Gasteiger partial charge in [0.05, 0.1) is 11.5 Å². The van der Waals surface area contributed by atoms with E-state index in [4.69, 9.17) is 5.73 Å². The first-order valence-electron chi connectivity index (χ1n) is 4.17. The number of carboxylic acid groups (broad SMARTS) is 2. The van der Waals surface area contributed by atoms with Crippen LogP contribution in [-0.2, 0) is 9.59 Å². The fourth-order valence-corrected chi connectivity index (χ4v) is 1.69. The van der Waals surface area contributed by atoms with Gasteiger partial charge in [-0.2, -0.15) is 0 Å². The zero-order chi connectivity index (χ0) is 10.1. The summed E-state index contributed by atoms with van der Waals surface area (Å²) >= 11 is 0. The average molecular weight is 185 g/mol. The minimum absolute atomic E-state index is 0.0856. The molecular weight excluding hydrogens is 174 g/mol. The first-order chi connectivity index (χ1) is 5.96. The van der Waals surface area contributed by atoms with E-state index in [1.54, 1.807) is 0 Å². The third-order valence-electron chi connectivity index (χ3n) is 2.53. The molecule has 0 unspecified atom stereocenters. The van der Waals surface area contributed by atoms with Crippen molar-refractivity contribution in [1.29, 1.82) is 0 Å². The van der Waals surface area contributed by atoms with E-state index in [0.717, 1.165) is 0 Å². The Kier molecular flexibility index (Phi) is 2.56. The van der Waals surface area contributed by atoms with Gasteiger partial charge in [0.1, 0.15) is 0 Å². The molecule has 2 N–H and O–H groups in total. The smallest absolute Gasteiger partial charge is 0.0613 e. The Morgan fingerprint density at radius 3 is 2.46 bits per heavy atom. The number of rotatable bonds is 2. The molecule has 0 saturated heterocycles. The van der Waals surface area contributed by atoms with Crippen molar-refractivity contribution in [2.45, 2.75) is 31.2 Å². The summed E-state index contributed by atoms with van der Waals surface area (Å²) < 4.78 is 0. The highest BCUT2D eigenvalue weighted by Crippen LogP contribution is 2.29. The molecule has 5 heteroatoms. The van der Waals surface area contributed by atoms with Crippen LogP contribution >= 0.6 is 0 Å². The summed E-state index contributed by atoms with van der Waals surface area (Å²) in [4.78, 5) is 21.1. The van der Waals surface area contributed by atoms with Gasteiger partial charge in [0.2, 0.25) is 0 Å². The van der Waals surface area contributed by atoms with Crippen LogP contribution in [0.1, 0.15) is 25.7 Å². The van der Waals surface area contributed by atoms with Gasteiger partial charge in [0, 0.05) is 11.9 Å². The van der Waals surface area contributed by atoms with Gasteiger partial charge >= 0.3 is 0 Å². The molecule has 1 saturated carbocycles. The molecule has 1 rings (SSSR count). The first kappa shape index (κ1) is 9.98.